The van der Waals surface area contributed by atoms with E-state index in [1.807, 2.05) is 13.0 Å². The fraction of sp³-hybridized carbons (Fsp3) is 0.188. The molecule has 0 aliphatic heterocycles. The molecular formula is C16H15NO6. The largest absolute Gasteiger partial charge is 0.493 e. The Morgan fingerprint density at radius 1 is 1.17 bits per heavy atom. The van der Waals surface area contributed by atoms with Crippen molar-refractivity contribution < 1.29 is 23.9 Å². The predicted molar refractivity (Wildman–Crippen MR) is 82.0 cm³/mol. The molecule has 0 aromatic heterocycles. The van der Waals surface area contributed by atoms with Crippen molar-refractivity contribution >= 4 is 11.7 Å². The predicted octanol–water partition coefficient (Wildman–Crippen LogP) is 2.90. The number of rotatable bonds is 6. The minimum Gasteiger partial charge on any atom is -0.493 e. The lowest BCUT2D eigenvalue weighted by Crippen LogP contribution is -2.18. The molecule has 23 heavy (non-hydrogen) atoms. The molecule has 0 heterocycles. The van der Waals surface area contributed by atoms with Gasteiger partial charge in [0.2, 0.25) is 0 Å². The lowest BCUT2D eigenvalue weighted by Gasteiger charge is -2.10. The maximum atomic E-state index is 11.8. The molecule has 0 radical (unpaired) electrons. The van der Waals surface area contributed by atoms with Gasteiger partial charge in [-0.15, -0.1) is 0 Å². The van der Waals surface area contributed by atoms with Crippen molar-refractivity contribution in [1.82, 2.24) is 0 Å². The highest BCUT2D eigenvalue weighted by Gasteiger charge is 2.16. The number of benzene rings is 2. The summed E-state index contributed by atoms with van der Waals surface area (Å²) in [4.78, 5) is 22.0. The summed E-state index contributed by atoms with van der Waals surface area (Å²) in [7, 11) is 1.38. The molecule has 0 aliphatic carbocycles. The van der Waals surface area contributed by atoms with E-state index in [2.05, 4.69) is 0 Å². The second-order valence-electron chi connectivity index (χ2n) is 4.67. The van der Waals surface area contributed by atoms with Crippen LogP contribution in [-0.4, -0.2) is 24.6 Å². The lowest BCUT2D eigenvalue weighted by atomic mass is 10.2. The maximum absolute atomic E-state index is 11.8. The van der Waals surface area contributed by atoms with Gasteiger partial charge in [0, 0.05) is 6.07 Å². The molecule has 0 amide bonds. The number of hydrogen-bond donors (Lipinski definition) is 0. The maximum Gasteiger partial charge on any atom is 0.349 e. The van der Waals surface area contributed by atoms with Crippen LogP contribution in [0.3, 0.4) is 0 Å². The van der Waals surface area contributed by atoms with Crippen molar-refractivity contribution in [2.75, 3.05) is 13.7 Å². The van der Waals surface area contributed by atoms with E-state index in [4.69, 9.17) is 14.2 Å². The summed E-state index contributed by atoms with van der Waals surface area (Å²) in [6.07, 6.45) is 0. The Balaban J connectivity index is 2.04. The molecule has 120 valence electrons. The van der Waals surface area contributed by atoms with E-state index in [9.17, 15) is 14.9 Å². The standard InChI is InChI=1S/C16H15NO6/c1-11-4-3-5-13(8-11)22-10-16(18)23-15-9-12(17(19)20)6-7-14(15)21-2/h3-9H,10H2,1-2H3. The van der Waals surface area contributed by atoms with E-state index in [1.54, 1.807) is 18.2 Å². The molecule has 2 rings (SSSR count). The van der Waals surface area contributed by atoms with Crippen LogP contribution >= 0.6 is 0 Å². The number of methoxy groups -OCH3 is 1. The van der Waals surface area contributed by atoms with Crippen molar-refractivity contribution in [1.29, 1.82) is 0 Å². The number of non-ortho nitro benzene ring substituents is 1. The summed E-state index contributed by atoms with van der Waals surface area (Å²) >= 11 is 0. The average molecular weight is 317 g/mol. The summed E-state index contributed by atoms with van der Waals surface area (Å²) in [6, 6.07) is 11.0. The first-order chi connectivity index (χ1) is 11.0. The normalized spacial score (nSPS) is 10.0. The van der Waals surface area contributed by atoms with Gasteiger partial charge in [0.15, 0.2) is 18.1 Å². The third-order valence-electron chi connectivity index (χ3n) is 2.93. The Kier molecular flexibility index (Phi) is 5.14. The van der Waals surface area contributed by atoms with Gasteiger partial charge >= 0.3 is 5.97 Å². The van der Waals surface area contributed by atoms with Crippen LogP contribution in [0.1, 0.15) is 5.56 Å². The first-order valence-corrected chi connectivity index (χ1v) is 6.72. The summed E-state index contributed by atoms with van der Waals surface area (Å²) in [6.45, 7) is 1.58. The van der Waals surface area contributed by atoms with Gasteiger partial charge in [-0.1, -0.05) is 12.1 Å². The zero-order chi connectivity index (χ0) is 16.8. The zero-order valence-electron chi connectivity index (χ0n) is 12.6. The van der Waals surface area contributed by atoms with E-state index in [0.717, 1.165) is 11.6 Å². The van der Waals surface area contributed by atoms with E-state index in [-0.39, 0.29) is 23.8 Å². The summed E-state index contributed by atoms with van der Waals surface area (Å²) in [5.74, 6) is 0.0392. The van der Waals surface area contributed by atoms with E-state index in [0.29, 0.717) is 5.75 Å². The lowest BCUT2D eigenvalue weighted by molar-refractivity contribution is -0.384. The minimum atomic E-state index is -0.690. The number of ether oxygens (including phenoxy) is 3. The Morgan fingerprint density at radius 2 is 1.96 bits per heavy atom. The Labute approximate surface area is 132 Å². The van der Waals surface area contributed by atoms with Crippen molar-refractivity contribution in [3.05, 3.63) is 58.1 Å². The molecule has 0 saturated heterocycles. The second-order valence-corrected chi connectivity index (χ2v) is 4.67. The fourth-order valence-electron chi connectivity index (χ4n) is 1.86. The smallest absolute Gasteiger partial charge is 0.349 e. The Bertz CT molecular complexity index is 728. The summed E-state index contributed by atoms with van der Waals surface area (Å²) in [5.41, 5.74) is 0.796. The molecule has 2 aromatic rings. The number of carbonyl (C=O) groups excluding carboxylic acids is 1. The second kappa shape index (κ2) is 7.26. The number of aryl methyl sites for hydroxylation is 1. The quantitative estimate of drug-likeness (QED) is 0.352. The number of nitro benzene ring substituents is 1. The molecule has 7 heteroatoms. The van der Waals surface area contributed by atoms with Gasteiger partial charge in [0.05, 0.1) is 18.1 Å². The number of nitrogens with zero attached hydrogens (tertiary/aromatic N) is 1. The molecule has 0 fully saturated rings. The van der Waals surface area contributed by atoms with Crippen LogP contribution in [0.25, 0.3) is 0 Å². The molecule has 0 spiro atoms. The number of esters is 1. The van der Waals surface area contributed by atoms with Crippen LogP contribution in [0.5, 0.6) is 17.2 Å². The highest BCUT2D eigenvalue weighted by atomic mass is 16.6. The Morgan fingerprint density at radius 3 is 2.61 bits per heavy atom. The molecule has 0 bridgehead atoms. The van der Waals surface area contributed by atoms with Crippen LogP contribution in [0.15, 0.2) is 42.5 Å². The molecule has 7 nitrogen and oxygen atoms in total. The van der Waals surface area contributed by atoms with Crippen LogP contribution in [-0.2, 0) is 4.79 Å². The highest BCUT2D eigenvalue weighted by molar-refractivity contribution is 5.75. The van der Waals surface area contributed by atoms with Crippen LogP contribution in [0, 0.1) is 17.0 Å². The molecule has 0 saturated carbocycles. The Hall–Kier alpha value is -3.09. The molecule has 2 aromatic carbocycles. The third kappa shape index (κ3) is 4.44. The fourth-order valence-corrected chi connectivity index (χ4v) is 1.86. The average Bonchev–Trinajstić information content (AvgIpc) is 2.53. The SMILES string of the molecule is COc1ccc([N+](=O)[O-])cc1OC(=O)COc1cccc(C)c1. The third-order valence-corrected chi connectivity index (χ3v) is 2.93. The van der Waals surface area contributed by atoms with Crippen molar-refractivity contribution in [2.45, 2.75) is 6.92 Å². The molecular weight excluding hydrogens is 302 g/mol. The molecule has 0 N–H and O–H groups in total. The number of hydrogen-bond acceptors (Lipinski definition) is 6. The van der Waals surface area contributed by atoms with Gasteiger partial charge in [-0.25, -0.2) is 4.79 Å². The van der Waals surface area contributed by atoms with E-state index < -0.39 is 10.9 Å². The van der Waals surface area contributed by atoms with Gasteiger partial charge in [-0.05, 0) is 30.7 Å². The van der Waals surface area contributed by atoms with Crippen LogP contribution in [0.4, 0.5) is 5.69 Å². The monoisotopic (exact) mass is 317 g/mol. The van der Waals surface area contributed by atoms with Crippen molar-refractivity contribution in [2.24, 2.45) is 0 Å². The van der Waals surface area contributed by atoms with Crippen molar-refractivity contribution in [3.63, 3.8) is 0 Å². The molecule has 0 aliphatic rings. The first-order valence-electron chi connectivity index (χ1n) is 6.72. The van der Waals surface area contributed by atoms with Gasteiger partial charge in [-0.2, -0.15) is 0 Å². The first kappa shape index (κ1) is 16.3. The topological polar surface area (TPSA) is 87.9 Å². The zero-order valence-corrected chi connectivity index (χ0v) is 12.6. The highest BCUT2D eigenvalue weighted by Crippen LogP contribution is 2.31. The van der Waals surface area contributed by atoms with Crippen LogP contribution in [0.2, 0.25) is 0 Å². The summed E-state index contributed by atoms with van der Waals surface area (Å²) < 4.78 is 15.4. The van der Waals surface area contributed by atoms with E-state index >= 15 is 0 Å². The van der Waals surface area contributed by atoms with Crippen molar-refractivity contribution in [3.8, 4) is 17.2 Å². The molecule has 0 unspecified atom stereocenters. The number of carbonyl (C=O) groups is 1. The minimum absolute atomic E-state index is 0.0282. The number of nitro groups is 1. The van der Waals surface area contributed by atoms with Crippen LogP contribution < -0.4 is 14.2 Å². The van der Waals surface area contributed by atoms with Gasteiger partial charge in [0.1, 0.15) is 5.75 Å². The van der Waals surface area contributed by atoms with Gasteiger partial charge in [0.25, 0.3) is 5.69 Å². The summed E-state index contributed by atoms with van der Waals surface area (Å²) in [5, 5.41) is 10.8. The molecule has 0 atom stereocenters. The van der Waals surface area contributed by atoms with Gasteiger partial charge < -0.3 is 14.2 Å². The van der Waals surface area contributed by atoms with Gasteiger partial charge in [-0.3, -0.25) is 10.1 Å². The van der Waals surface area contributed by atoms with E-state index in [1.165, 1.54) is 19.2 Å².